The van der Waals surface area contributed by atoms with Gasteiger partial charge >= 0.3 is 6.36 Å². The predicted octanol–water partition coefficient (Wildman–Crippen LogP) is 4.53. The van der Waals surface area contributed by atoms with Gasteiger partial charge in [0.25, 0.3) is 0 Å². The van der Waals surface area contributed by atoms with Crippen LogP contribution >= 0.6 is 0 Å². The number of halogens is 3. The highest BCUT2D eigenvalue weighted by Crippen LogP contribution is 2.26. The van der Waals surface area contributed by atoms with Crippen LogP contribution in [-0.2, 0) is 0 Å². The molecule has 0 saturated carbocycles. The third kappa shape index (κ3) is 4.05. The Balaban J connectivity index is 1.61. The monoisotopic (exact) mass is 449 g/mol. The van der Waals surface area contributed by atoms with E-state index in [1.165, 1.54) is 35.1 Å². The Hall–Kier alpha value is -4.47. The summed E-state index contributed by atoms with van der Waals surface area (Å²) in [7, 11) is 0. The Morgan fingerprint density at radius 2 is 1.76 bits per heavy atom. The topological polar surface area (TPSA) is 74.8 Å². The van der Waals surface area contributed by atoms with Gasteiger partial charge in [-0.3, -0.25) is 9.78 Å². The van der Waals surface area contributed by atoms with E-state index in [2.05, 4.69) is 19.9 Å². The van der Waals surface area contributed by atoms with Crippen molar-refractivity contribution >= 4 is 10.9 Å². The summed E-state index contributed by atoms with van der Waals surface area (Å²) >= 11 is 0. The molecular weight excluding hydrogens is 435 g/mol. The number of pyridine rings is 1. The molecule has 7 nitrogen and oxygen atoms in total. The summed E-state index contributed by atoms with van der Waals surface area (Å²) in [4.78, 5) is 17.0. The van der Waals surface area contributed by atoms with E-state index in [9.17, 15) is 18.0 Å². The minimum absolute atomic E-state index is 0.0815. The number of benzene rings is 2. The molecule has 0 N–H and O–H groups in total. The van der Waals surface area contributed by atoms with Crippen LogP contribution in [-0.4, -0.2) is 30.9 Å². The number of aromatic nitrogens is 5. The Bertz CT molecular complexity index is 1520. The summed E-state index contributed by atoms with van der Waals surface area (Å²) < 4.78 is 44.7. The second-order valence-corrected chi connectivity index (χ2v) is 6.99. The van der Waals surface area contributed by atoms with Crippen LogP contribution in [0.15, 0.2) is 90.1 Å². The number of fused-ring (bicyclic) bond motifs is 1. The molecule has 164 valence electrons. The summed E-state index contributed by atoms with van der Waals surface area (Å²) in [6.07, 6.45) is -0.216. The van der Waals surface area contributed by atoms with Gasteiger partial charge in [-0.2, -0.15) is 10.2 Å². The standard InChI is InChI=1S/C23H14F3N5O2/c24-23(25,26)33-16-5-1-4-15(14-16)30-13-10-21(32)22(29-30)20-9-12-28-31(20)19-8-2-7-18-17(19)6-3-11-27-18/h1-14H. The van der Waals surface area contributed by atoms with Crippen LogP contribution in [0.1, 0.15) is 0 Å². The van der Waals surface area contributed by atoms with Crippen molar-refractivity contribution in [1.29, 1.82) is 0 Å². The molecule has 0 atom stereocenters. The number of alkyl halides is 3. The third-order valence-electron chi connectivity index (χ3n) is 4.86. The van der Waals surface area contributed by atoms with E-state index in [1.54, 1.807) is 35.3 Å². The van der Waals surface area contributed by atoms with Gasteiger partial charge in [-0.15, -0.1) is 13.2 Å². The Morgan fingerprint density at radius 1 is 0.909 bits per heavy atom. The van der Waals surface area contributed by atoms with Crippen molar-refractivity contribution < 1.29 is 17.9 Å². The number of nitrogens with zero attached hydrogens (tertiary/aromatic N) is 5. The lowest BCUT2D eigenvalue weighted by Crippen LogP contribution is -2.17. The second-order valence-electron chi connectivity index (χ2n) is 6.99. The lowest BCUT2D eigenvalue weighted by atomic mass is 10.1. The van der Waals surface area contributed by atoms with E-state index in [0.717, 1.165) is 10.9 Å². The number of rotatable bonds is 4. The van der Waals surface area contributed by atoms with E-state index in [0.29, 0.717) is 17.1 Å². The largest absolute Gasteiger partial charge is 0.573 e. The first kappa shape index (κ1) is 20.4. The minimum Gasteiger partial charge on any atom is -0.406 e. The zero-order chi connectivity index (χ0) is 23.0. The maximum absolute atomic E-state index is 12.7. The van der Waals surface area contributed by atoms with Crippen molar-refractivity contribution in [1.82, 2.24) is 24.5 Å². The molecule has 0 radical (unpaired) electrons. The fourth-order valence-corrected chi connectivity index (χ4v) is 3.50. The molecule has 5 rings (SSSR count). The van der Waals surface area contributed by atoms with E-state index in [4.69, 9.17) is 0 Å². The molecule has 3 aromatic heterocycles. The summed E-state index contributed by atoms with van der Waals surface area (Å²) in [6.45, 7) is 0. The smallest absolute Gasteiger partial charge is 0.406 e. The fraction of sp³-hybridized carbons (Fsp3) is 0.0435. The molecule has 0 unspecified atom stereocenters. The van der Waals surface area contributed by atoms with Gasteiger partial charge in [0.1, 0.15) is 5.75 Å². The normalized spacial score (nSPS) is 11.6. The van der Waals surface area contributed by atoms with E-state index in [-0.39, 0.29) is 11.1 Å². The second kappa shape index (κ2) is 7.90. The first-order valence-corrected chi connectivity index (χ1v) is 9.74. The van der Waals surface area contributed by atoms with Gasteiger partial charge < -0.3 is 4.74 Å². The lowest BCUT2D eigenvalue weighted by molar-refractivity contribution is -0.274. The molecule has 2 aromatic carbocycles. The van der Waals surface area contributed by atoms with Gasteiger partial charge in [-0.05, 0) is 42.5 Å². The molecule has 0 aliphatic carbocycles. The van der Waals surface area contributed by atoms with Crippen LogP contribution in [0, 0.1) is 0 Å². The highest BCUT2D eigenvalue weighted by Gasteiger charge is 2.31. The molecule has 0 bridgehead atoms. The molecule has 0 aliphatic rings. The zero-order valence-corrected chi connectivity index (χ0v) is 16.8. The van der Waals surface area contributed by atoms with Crippen molar-refractivity contribution in [2.24, 2.45) is 0 Å². The van der Waals surface area contributed by atoms with E-state index < -0.39 is 12.1 Å². The fourth-order valence-electron chi connectivity index (χ4n) is 3.50. The van der Waals surface area contributed by atoms with Crippen LogP contribution < -0.4 is 10.2 Å². The average Bonchev–Trinajstić information content (AvgIpc) is 3.27. The van der Waals surface area contributed by atoms with Crippen LogP contribution in [0.3, 0.4) is 0 Å². The van der Waals surface area contributed by atoms with Crippen molar-refractivity contribution in [3.63, 3.8) is 0 Å². The first-order chi connectivity index (χ1) is 15.9. The first-order valence-electron chi connectivity index (χ1n) is 9.74. The SMILES string of the molecule is O=c1ccn(-c2cccc(OC(F)(F)F)c2)nc1-c1ccnn1-c1cccc2ncccc12. The molecule has 33 heavy (non-hydrogen) atoms. The Labute approximate surface area is 184 Å². The highest BCUT2D eigenvalue weighted by atomic mass is 19.4. The van der Waals surface area contributed by atoms with Crippen molar-refractivity contribution in [3.05, 3.63) is 95.5 Å². The molecular formula is C23H14F3N5O2. The molecule has 10 heteroatoms. The van der Waals surface area contributed by atoms with E-state index >= 15 is 0 Å². The van der Waals surface area contributed by atoms with Crippen LogP contribution in [0.5, 0.6) is 5.75 Å². The van der Waals surface area contributed by atoms with Gasteiger partial charge in [0.05, 0.1) is 28.8 Å². The molecule has 0 amide bonds. The van der Waals surface area contributed by atoms with Crippen LogP contribution in [0.2, 0.25) is 0 Å². The van der Waals surface area contributed by atoms with Gasteiger partial charge in [-0.25, -0.2) is 9.36 Å². The van der Waals surface area contributed by atoms with Crippen molar-refractivity contribution in [3.8, 4) is 28.5 Å². The zero-order valence-electron chi connectivity index (χ0n) is 16.8. The highest BCUT2D eigenvalue weighted by molar-refractivity contribution is 5.87. The predicted molar refractivity (Wildman–Crippen MR) is 114 cm³/mol. The minimum atomic E-state index is -4.82. The van der Waals surface area contributed by atoms with Gasteiger partial charge in [-0.1, -0.05) is 12.1 Å². The Kier molecular flexibility index (Phi) is 4.89. The Morgan fingerprint density at radius 3 is 2.61 bits per heavy atom. The summed E-state index contributed by atoms with van der Waals surface area (Å²) in [5, 5.41) is 9.58. The van der Waals surface area contributed by atoms with E-state index in [1.807, 2.05) is 24.3 Å². The third-order valence-corrected chi connectivity index (χ3v) is 4.86. The number of hydrogen-bond donors (Lipinski definition) is 0. The molecule has 3 heterocycles. The van der Waals surface area contributed by atoms with Gasteiger partial charge in [0.15, 0.2) is 5.69 Å². The summed E-state index contributed by atoms with van der Waals surface area (Å²) in [5.41, 5.74) is 1.90. The molecule has 0 spiro atoms. The van der Waals surface area contributed by atoms with Gasteiger partial charge in [0.2, 0.25) is 5.43 Å². The molecule has 0 fully saturated rings. The molecule has 5 aromatic rings. The van der Waals surface area contributed by atoms with Crippen molar-refractivity contribution in [2.45, 2.75) is 6.36 Å². The lowest BCUT2D eigenvalue weighted by Gasteiger charge is -2.13. The van der Waals surface area contributed by atoms with Crippen LogP contribution in [0.25, 0.3) is 33.7 Å². The van der Waals surface area contributed by atoms with Crippen LogP contribution in [0.4, 0.5) is 13.2 Å². The van der Waals surface area contributed by atoms with Crippen molar-refractivity contribution in [2.75, 3.05) is 0 Å². The number of ether oxygens (including phenoxy) is 1. The molecule has 0 aliphatic heterocycles. The molecule has 0 saturated heterocycles. The quantitative estimate of drug-likeness (QED) is 0.403. The average molecular weight is 449 g/mol. The maximum Gasteiger partial charge on any atom is 0.573 e. The van der Waals surface area contributed by atoms with Gasteiger partial charge in [0, 0.05) is 29.9 Å². The summed E-state index contributed by atoms with van der Waals surface area (Å²) in [6, 6.07) is 17.5. The maximum atomic E-state index is 12.7. The number of hydrogen-bond acceptors (Lipinski definition) is 5. The summed E-state index contributed by atoms with van der Waals surface area (Å²) in [5.74, 6) is -0.393.